The minimum atomic E-state index is -0.474. The molecule has 7 heteroatoms. The molecule has 1 aromatic carbocycles. The number of ether oxygens (including phenoxy) is 1. The molecule has 108 valence electrons. The predicted octanol–water partition coefficient (Wildman–Crippen LogP) is 3.93. The molecule has 0 spiro atoms. The second kappa shape index (κ2) is 6.66. The molecule has 0 heterocycles. The lowest BCUT2D eigenvalue weighted by atomic mass is 9.86. The summed E-state index contributed by atoms with van der Waals surface area (Å²) in [6.07, 6.45) is 2.70. The van der Waals surface area contributed by atoms with Crippen LogP contribution in [-0.4, -0.2) is 18.5 Å². The molecule has 1 saturated carbocycles. The van der Waals surface area contributed by atoms with E-state index in [0.29, 0.717) is 10.7 Å². The molecule has 0 bridgehead atoms. The normalized spacial score (nSPS) is 14.6. The van der Waals surface area contributed by atoms with Crippen LogP contribution < -0.4 is 5.32 Å². The van der Waals surface area contributed by atoms with E-state index in [1.54, 1.807) is 0 Å². The molecule has 1 amide bonds. The first kappa shape index (κ1) is 15.4. The molecular weight excluding hydrogens is 325 g/mol. The van der Waals surface area contributed by atoms with Crippen LogP contribution in [0.4, 0.5) is 5.69 Å². The standard InChI is InChI=1S/C13H12Cl3NO3/c14-8-4-10(16)11(5-9(8)15)17-12(18)6-20-13(19)7-2-1-3-7/h4-5,7H,1-3,6H2,(H,17,18). The van der Waals surface area contributed by atoms with Gasteiger partial charge in [0.2, 0.25) is 0 Å². The SMILES string of the molecule is O=C(COC(=O)C1CCC1)Nc1cc(Cl)c(Cl)cc1Cl. The van der Waals surface area contributed by atoms with Crippen LogP contribution in [0.5, 0.6) is 0 Å². The maximum absolute atomic E-state index is 11.7. The molecule has 0 unspecified atom stereocenters. The van der Waals surface area contributed by atoms with E-state index in [-0.39, 0.29) is 28.5 Å². The first-order valence-corrected chi connectivity index (χ1v) is 7.22. The number of carbonyl (C=O) groups excluding carboxylic acids is 2. The average Bonchev–Trinajstić information content (AvgIpc) is 2.31. The Hall–Kier alpha value is -0.970. The summed E-state index contributed by atoms with van der Waals surface area (Å²) in [7, 11) is 0. The lowest BCUT2D eigenvalue weighted by Crippen LogP contribution is -2.28. The number of anilines is 1. The maximum atomic E-state index is 11.7. The Bertz CT molecular complexity index is 544. The Kier molecular flexibility index (Phi) is 5.13. The van der Waals surface area contributed by atoms with E-state index in [9.17, 15) is 9.59 Å². The number of nitrogens with one attached hydrogen (secondary N) is 1. The summed E-state index contributed by atoms with van der Waals surface area (Å²) >= 11 is 17.5. The van der Waals surface area contributed by atoms with Gasteiger partial charge in [0, 0.05) is 0 Å². The van der Waals surface area contributed by atoms with Gasteiger partial charge >= 0.3 is 5.97 Å². The lowest BCUT2D eigenvalue weighted by Gasteiger charge is -2.22. The van der Waals surface area contributed by atoms with Crippen LogP contribution in [0, 0.1) is 5.92 Å². The number of amides is 1. The molecule has 20 heavy (non-hydrogen) atoms. The number of halogens is 3. The van der Waals surface area contributed by atoms with Gasteiger partial charge in [-0.05, 0) is 25.0 Å². The Balaban J connectivity index is 1.88. The van der Waals surface area contributed by atoms with Crippen molar-refractivity contribution in [1.29, 1.82) is 0 Å². The molecule has 1 aliphatic carbocycles. The van der Waals surface area contributed by atoms with Crippen LogP contribution in [0.25, 0.3) is 0 Å². The van der Waals surface area contributed by atoms with E-state index in [1.807, 2.05) is 0 Å². The maximum Gasteiger partial charge on any atom is 0.309 e. The molecule has 0 atom stereocenters. The highest BCUT2D eigenvalue weighted by Crippen LogP contribution is 2.32. The van der Waals surface area contributed by atoms with Crippen molar-refractivity contribution in [3.8, 4) is 0 Å². The third-order valence-electron chi connectivity index (χ3n) is 3.07. The highest BCUT2D eigenvalue weighted by Gasteiger charge is 2.27. The van der Waals surface area contributed by atoms with Gasteiger partial charge in [-0.15, -0.1) is 0 Å². The molecule has 0 saturated heterocycles. The van der Waals surface area contributed by atoms with Crippen molar-refractivity contribution < 1.29 is 14.3 Å². The molecule has 1 N–H and O–H groups in total. The molecule has 0 aromatic heterocycles. The Morgan fingerprint density at radius 1 is 1.15 bits per heavy atom. The van der Waals surface area contributed by atoms with Gasteiger partial charge in [-0.25, -0.2) is 0 Å². The summed E-state index contributed by atoms with van der Waals surface area (Å²) in [5.41, 5.74) is 0.325. The Labute approximate surface area is 131 Å². The molecule has 1 aliphatic rings. The van der Waals surface area contributed by atoms with E-state index in [0.717, 1.165) is 19.3 Å². The van der Waals surface area contributed by atoms with Crippen molar-refractivity contribution in [2.24, 2.45) is 5.92 Å². The molecular formula is C13H12Cl3NO3. The van der Waals surface area contributed by atoms with Gasteiger partial charge in [0.1, 0.15) is 0 Å². The van der Waals surface area contributed by atoms with E-state index in [1.165, 1.54) is 12.1 Å². The zero-order valence-electron chi connectivity index (χ0n) is 10.4. The van der Waals surface area contributed by atoms with E-state index >= 15 is 0 Å². The fraction of sp³-hybridized carbons (Fsp3) is 0.385. The first-order valence-electron chi connectivity index (χ1n) is 6.08. The molecule has 4 nitrogen and oxygen atoms in total. The van der Waals surface area contributed by atoms with Crippen LogP contribution in [0.3, 0.4) is 0 Å². The van der Waals surface area contributed by atoms with Crippen LogP contribution in [0.2, 0.25) is 15.1 Å². The molecule has 0 aliphatic heterocycles. The van der Waals surface area contributed by atoms with Gasteiger partial charge in [0.15, 0.2) is 6.61 Å². The highest BCUT2D eigenvalue weighted by molar-refractivity contribution is 6.44. The first-order chi connectivity index (χ1) is 9.47. The van der Waals surface area contributed by atoms with E-state index in [4.69, 9.17) is 39.5 Å². The van der Waals surface area contributed by atoms with Crippen molar-refractivity contribution >= 4 is 52.4 Å². The van der Waals surface area contributed by atoms with Crippen molar-refractivity contribution in [3.05, 3.63) is 27.2 Å². The van der Waals surface area contributed by atoms with Gasteiger partial charge < -0.3 is 10.1 Å². The average molecular weight is 337 g/mol. The Morgan fingerprint density at radius 3 is 2.40 bits per heavy atom. The smallest absolute Gasteiger partial charge is 0.309 e. The highest BCUT2D eigenvalue weighted by atomic mass is 35.5. The second-order valence-corrected chi connectivity index (χ2v) is 5.75. The minimum Gasteiger partial charge on any atom is -0.455 e. The second-order valence-electron chi connectivity index (χ2n) is 4.53. The summed E-state index contributed by atoms with van der Waals surface area (Å²) in [5.74, 6) is -0.860. The van der Waals surface area contributed by atoms with Gasteiger partial charge in [-0.3, -0.25) is 9.59 Å². The van der Waals surface area contributed by atoms with E-state index < -0.39 is 5.91 Å². The monoisotopic (exact) mass is 335 g/mol. The van der Waals surface area contributed by atoms with E-state index in [2.05, 4.69) is 5.32 Å². The summed E-state index contributed by atoms with van der Waals surface area (Å²) in [6.45, 7) is -0.341. The van der Waals surface area contributed by atoms with Crippen LogP contribution in [0.1, 0.15) is 19.3 Å². The lowest BCUT2D eigenvalue weighted by molar-refractivity contribution is -0.154. The predicted molar refractivity (Wildman–Crippen MR) is 78.4 cm³/mol. The van der Waals surface area contributed by atoms with Crippen molar-refractivity contribution in [3.63, 3.8) is 0 Å². The largest absolute Gasteiger partial charge is 0.455 e. The summed E-state index contributed by atoms with van der Waals surface area (Å²) in [4.78, 5) is 23.2. The zero-order chi connectivity index (χ0) is 14.7. The number of hydrogen-bond donors (Lipinski definition) is 1. The van der Waals surface area contributed by atoms with Crippen molar-refractivity contribution in [2.45, 2.75) is 19.3 Å². The summed E-state index contributed by atoms with van der Waals surface area (Å²) < 4.78 is 4.92. The number of esters is 1. The molecule has 1 fully saturated rings. The molecule has 0 radical (unpaired) electrons. The van der Waals surface area contributed by atoms with Crippen molar-refractivity contribution in [1.82, 2.24) is 0 Å². The van der Waals surface area contributed by atoms with Gasteiger partial charge in [-0.1, -0.05) is 41.2 Å². The third kappa shape index (κ3) is 3.78. The fourth-order valence-corrected chi connectivity index (χ4v) is 2.30. The third-order valence-corrected chi connectivity index (χ3v) is 4.10. The summed E-state index contributed by atoms with van der Waals surface area (Å²) in [5, 5.41) is 3.35. The van der Waals surface area contributed by atoms with Crippen LogP contribution in [0.15, 0.2) is 12.1 Å². The van der Waals surface area contributed by atoms with Gasteiger partial charge in [0.05, 0.1) is 26.7 Å². The number of benzene rings is 1. The minimum absolute atomic E-state index is 0.0589. The number of hydrogen-bond acceptors (Lipinski definition) is 3. The molecule has 1 aromatic rings. The quantitative estimate of drug-likeness (QED) is 0.669. The molecule has 2 rings (SSSR count). The number of rotatable bonds is 4. The van der Waals surface area contributed by atoms with Gasteiger partial charge in [0.25, 0.3) is 5.91 Å². The summed E-state index contributed by atoms with van der Waals surface area (Å²) in [6, 6.07) is 2.87. The van der Waals surface area contributed by atoms with Crippen LogP contribution in [-0.2, 0) is 14.3 Å². The van der Waals surface area contributed by atoms with Crippen LogP contribution >= 0.6 is 34.8 Å². The van der Waals surface area contributed by atoms with Crippen molar-refractivity contribution in [2.75, 3.05) is 11.9 Å². The zero-order valence-corrected chi connectivity index (χ0v) is 12.7. The topological polar surface area (TPSA) is 55.4 Å². The Morgan fingerprint density at radius 2 is 1.80 bits per heavy atom. The number of carbonyl (C=O) groups is 2. The van der Waals surface area contributed by atoms with Gasteiger partial charge in [-0.2, -0.15) is 0 Å². The fourth-order valence-electron chi connectivity index (χ4n) is 1.70.